The van der Waals surface area contributed by atoms with Crippen LogP contribution >= 0.6 is 0 Å². The first-order chi connectivity index (χ1) is 8.09. The minimum atomic E-state index is -0.195. The first-order valence-electron chi connectivity index (χ1n) is 7.14. The van der Waals surface area contributed by atoms with Gasteiger partial charge in [-0.1, -0.05) is 27.7 Å². The van der Waals surface area contributed by atoms with E-state index in [1.165, 1.54) is 0 Å². The van der Waals surface area contributed by atoms with E-state index in [-0.39, 0.29) is 12.2 Å². The van der Waals surface area contributed by atoms with Gasteiger partial charge in [0.1, 0.15) is 0 Å². The Morgan fingerprint density at radius 1 is 1.35 bits per heavy atom. The summed E-state index contributed by atoms with van der Waals surface area (Å²) in [5.41, 5.74) is 0.251. The predicted octanol–water partition coefficient (Wildman–Crippen LogP) is 2.83. The van der Waals surface area contributed by atoms with E-state index in [9.17, 15) is 4.39 Å². The summed E-state index contributed by atoms with van der Waals surface area (Å²) in [6.45, 7) is 11.9. The first kappa shape index (κ1) is 14.9. The molecule has 0 saturated carbocycles. The van der Waals surface area contributed by atoms with Crippen molar-refractivity contribution in [3.05, 3.63) is 0 Å². The van der Waals surface area contributed by atoms with Gasteiger partial charge >= 0.3 is 0 Å². The molecule has 1 N–H and O–H groups in total. The van der Waals surface area contributed by atoms with Gasteiger partial charge < -0.3 is 5.32 Å². The zero-order valence-corrected chi connectivity index (χ0v) is 11.9. The van der Waals surface area contributed by atoms with E-state index in [0.29, 0.717) is 18.4 Å². The quantitative estimate of drug-likeness (QED) is 0.773. The van der Waals surface area contributed by atoms with Crippen LogP contribution in [-0.2, 0) is 0 Å². The van der Waals surface area contributed by atoms with Crippen molar-refractivity contribution >= 4 is 0 Å². The molecule has 0 aliphatic carbocycles. The lowest BCUT2D eigenvalue weighted by Gasteiger charge is -2.50. The zero-order valence-electron chi connectivity index (χ0n) is 11.9. The number of rotatable bonds is 6. The lowest BCUT2D eigenvalue weighted by Crippen LogP contribution is -2.65. The van der Waals surface area contributed by atoms with Crippen LogP contribution < -0.4 is 5.32 Å². The van der Waals surface area contributed by atoms with Crippen LogP contribution in [0.3, 0.4) is 0 Å². The van der Waals surface area contributed by atoms with E-state index in [2.05, 4.69) is 37.9 Å². The van der Waals surface area contributed by atoms with Gasteiger partial charge in [0.15, 0.2) is 0 Å². The molecule has 0 radical (unpaired) electrons. The van der Waals surface area contributed by atoms with Gasteiger partial charge in [0.05, 0.1) is 6.67 Å². The Morgan fingerprint density at radius 2 is 2.00 bits per heavy atom. The SMILES string of the molecule is CCC1(CC)CNC(C(C)C)CN1CCCF. The predicted molar refractivity (Wildman–Crippen MR) is 72.1 cm³/mol. The molecule has 1 fully saturated rings. The standard InChI is InChI=1S/C14H29FN2/c1-5-14(6-2)11-16-13(12(3)4)10-17(14)9-7-8-15/h12-13,16H,5-11H2,1-4H3. The Hall–Kier alpha value is -0.150. The number of halogens is 1. The van der Waals surface area contributed by atoms with Gasteiger partial charge in [-0.25, -0.2) is 0 Å². The van der Waals surface area contributed by atoms with Gasteiger partial charge in [-0.05, 0) is 25.2 Å². The van der Waals surface area contributed by atoms with Crippen molar-refractivity contribution in [2.45, 2.75) is 58.5 Å². The van der Waals surface area contributed by atoms with Crippen molar-refractivity contribution < 1.29 is 4.39 Å². The molecular formula is C14H29FN2. The summed E-state index contributed by atoms with van der Waals surface area (Å²) in [4.78, 5) is 2.54. The molecule has 0 bridgehead atoms. The van der Waals surface area contributed by atoms with Gasteiger partial charge in [-0.15, -0.1) is 0 Å². The van der Waals surface area contributed by atoms with Crippen LogP contribution in [0.15, 0.2) is 0 Å². The highest BCUT2D eigenvalue weighted by molar-refractivity contribution is 4.98. The van der Waals surface area contributed by atoms with Gasteiger partial charge in [0.25, 0.3) is 0 Å². The summed E-state index contributed by atoms with van der Waals surface area (Å²) in [5.74, 6) is 0.648. The van der Waals surface area contributed by atoms with E-state index < -0.39 is 0 Å². The molecule has 1 rings (SSSR count). The number of nitrogens with one attached hydrogen (secondary N) is 1. The van der Waals surface area contributed by atoms with Gasteiger partial charge in [0, 0.05) is 31.2 Å². The van der Waals surface area contributed by atoms with Crippen LogP contribution in [0, 0.1) is 5.92 Å². The van der Waals surface area contributed by atoms with Crippen LogP contribution in [0.25, 0.3) is 0 Å². The lowest BCUT2D eigenvalue weighted by atomic mass is 9.85. The minimum Gasteiger partial charge on any atom is -0.311 e. The van der Waals surface area contributed by atoms with Gasteiger partial charge in [-0.2, -0.15) is 0 Å². The number of hydrogen-bond acceptors (Lipinski definition) is 2. The first-order valence-corrected chi connectivity index (χ1v) is 7.14. The molecule has 17 heavy (non-hydrogen) atoms. The lowest BCUT2D eigenvalue weighted by molar-refractivity contribution is 0.0204. The maximum absolute atomic E-state index is 12.4. The molecule has 1 heterocycles. The van der Waals surface area contributed by atoms with Crippen LogP contribution in [0.4, 0.5) is 4.39 Å². The molecule has 1 aliphatic rings. The highest BCUT2D eigenvalue weighted by Gasteiger charge is 2.38. The molecule has 3 heteroatoms. The summed E-state index contributed by atoms with van der Waals surface area (Å²) >= 11 is 0. The Morgan fingerprint density at radius 3 is 2.47 bits per heavy atom. The summed E-state index contributed by atoms with van der Waals surface area (Å²) < 4.78 is 12.4. The molecule has 1 saturated heterocycles. The fourth-order valence-corrected chi connectivity index (χ4v) is 2.90. The molecular weight excluding hydrogens is 215 g/mol. The molecule has 0 aromatic rings. The van der Waals surface area contributed by atoms with Crippen molar-refractivity contribution in [2.75, 3.05) is 26.3 Å². The van der Waals surface area contributed by atoms with Crippen molar-refractivity contribution in [1.29, 1.82) is 0 Å². The summed E-state index contributed by atoms with van der Waals surface area (Å²) in [5, 5.41) is 3.68. The van der Waals surface area contributed by atoms with Gasteiger partial charge in [-0.3, -0.25) is 9.29 Å². The molecule has 0 aromatic heterocycles. The molecule has 0 spiro atoms. The average molecular weight is 244 g/mol. The second-order valence-corrected chi connectivity index (χ2v) is 5.65. The molecule has 1 atom stereocenters. The van der Waals surface area contributed by atoms with Crippen molar-refractivity contribution in [1.82, 2.24) is 10.2 Å². The van der Waals surface area contributed by atoms with E-state index in [0.717, 1.165) is 32.5 Å². The summed E-state index contributed by atoms with van der Waals surface area (Å²) in [6.07, 6.45) is 2.97. The number of nitrogens with zero attached hydrogens (tertiary/aromatic N) is 1. The summed E-state index contributed by atoms with van der Waals surface area (Å²) in [6, 6.07) is 0.556. The van der Waals surface area contributed by atoms with E-state index in [1.54, 1.807) is 0 Å². The molecule has 1 unspecified atom stereocenters. The number of hydrogen-bond donors (Lipinski definition) is 1. The molecule has 1 aliphatic heterocycles. The second-order valence-electron chi connectivity index (χ2n) is 5.65. The summed E-state index contributed by atoms with van der Waals surface area (Å²) in [7, 11) is 0. The largest absolute Gasteiger partial charge is 0.311 e. The molecule has 0 amide bonds. The normalized spacial score (nSPS) is 25.4. The van der Waals surface area contributed by atoms with E-state index in [4.69, 9.17) is 0 Å². The molecule has 2 nitrogen and oxygen atoms in total. The van der Waals surface area contributed by atoms with Gasteiger partial charge in [0.2, 0.25) is 0 Å². The highest BCUT2D eigenvalue weighted by Crippen LogP contribution is 2.28. The third kappa shape index (κ3) is 3.41. The van der Waals surface area contributed by atoms with Crippen LogP contribution in [0.5, 0.6) is 0 Å². The van der Waals surface area contributed by atoms with Crippen LogP contribution in [-0.4, -0.2) is 42.8 Å². The smallest absolute Gasteiger partial charge is 0.0906 e. The second kappa shape index (κ2) is 6.69. The molecule has 0 aromatic carbocycles. The van der Waals surface area contributed by atoms with Crippen molar-refractivity contribution in [3.8, 4) is 0 Å². The highest BCUT2D eigenvalue weighted by atomic mass is 19.1. The maximum Gasteiger partial charge on any atom is 0.0906 e. The number of alkyl halides is 1. The van der Waals surface area contributed by atoms with Crippen LogP contribution in [0.2, 0.25) is 0 Å². The van der Waals surface area contributed by atoms with Crippen LogP contribution in [0.1, 0.15) is 47.0 Å². The Kier molecular flexibility index (Phi) is 5.87. The van der Waals surface area contributed by atoms with Crippen molar-refractivity contribution in [3.63, 3.8) is 0 Å². The maximum atomic E-state index is 12.4. The topological polar surface area (TPSA) is 15.3 Å². The minimum absolute atomic E-state index is 0.195. The third-order valence-electron chi connectivity index (χ3n) is 4.46. The Bertz CT molecular complexity index is 214. The Balaban J connectivity index is 2.71. The fraction of sp³-hybridized carbons (Fsp3) is 1.00. The monoisotopic (exact) mass is 244 g/mol. The fourth-order valence-electron chi connectivity index (χ4n) is 2.90. The Labute approximate surface area is 106 Å². The average Bonchev–Trinajstić information content (AvgIpc) is 2.35. The van der Waals surface area contributed by atoms with E-state index in [1.807, 2.05) is 0 Å². The third-order valence-corrected chi connectivity index (χ3v) is 4.46. The molecule has 102 valence electrons. The number of piperazine rings is 1. The van der Waals surface area contributed by atoms with E-state index >= 15 is 0 Å². The zero-order chi connectivity index (χ0) is 12.9. The van der Waals surface area contributed by atoms with Crippen molar-refractivity contribution in [2.24, 2.45) is 5.92 Å².